The highest BCUT2D eigenvalue weighted by molar-refractivity contribution is 7.81. The third-order valence-electron chi connectivity index (χ3n) is 7.63. The summed E-state index contributed by atoms with van der Waals surface area (Å²) in [5, 5.41) is 3.62. The number of ether oxygens (including phenoxy) is 2. The van der Waals surface area contributed by atoms with Crippen LogP contribution in [0.3, 0.4) is 0 Å². The number of piperidine rings is 1. The van der Waals surface area contributed by atoms with E-state index in [9.17, 15) is 27.6 Å². The highest BCUT2D eigenvalue weighted by Gasteiger charge is 2.38. The molecule has 2 fully saturated rings. The molecule has 1 saturated carbocycles. The Morgan fingerprint density at radius 2 is 1.55 bits per heavy atom. The molecule has 0 aromatic rings. The molecule has 1 heterocycles. The van der Waals surface area contributed by atoms with Crippen molar-refractivity contribution in [1.29, 1.82) is 0 Å². The van der Waals surface area contributed by atoms with Crippen molar-refractivity contribution in [2.24, 2.45) is 17.1 Å². The third kappa shape index (κ3) is 12.8. The number of carbonyl (C=O) groups is 4. The van der Waals surface area contributed by atoms with Crippen molar-refractivity contribution in [3.05, 3.63) is 0 Å². The van der Waals surface area contributed by atoms with Gasteiger partial charge in [0.1, 0.15) is 5.60 Å². The van der Waals surface area contributed by atoms with Crippen LogP contribution in [0.15, 0.2) is 0 Å². The monoisotopic (exact) mass is 648 g/mol. The van der Waals surface area contributed by atoms with Crippen LogP contribution in [0.2, 0.25) is 0 Å². The Hall–Kier alpha value is -2.65. The minimum Gasteiger partial charge on any atom is -0.465 e. The number of hydrogen-bond donors (Lipinski definition) is 2. The van der Waals surface area contributed by atoms with Crippen LogP contribution in [0.5, 0.6) is 0 Å². The van der Waals surface area contributed by atoms with Gasteiger partial charge in [0.25, 0.3) is 0 Å². The number of nitrogens with two attached hydrogens (primary N) is 1. The number of hydrogen-bond acceptors (Lipinski definition) is 10. The molecule has 14 nitrogen and oxygen atoms in total. The minimum absolute atomic E-state index is 0.0748. The summed E-state index contributed by atoms with van der Waals surface area (Å²) < 4.78 is 45.7. The molecule has 0 aromatic heterocycles. The fraction of sp³-hybridized carbons (Fsp3) is 0.862. The molecule has 0 radical (unpaired) electrons. The van der Waals surface area contributed by atoms with E-state index in [1.54, 1.807) is 4.90 Å². The maximum absolute atomic E-state index is 12.9. The van der Waals surface area contributed by atoms with E-state index >= 15 is 0 Å². The molecule has 0 atom stereocenters. The third-order valence-corrected chi connectivity index (χ3v) is 8.38. The smallest absolute Gasteiger partial charge is 0.421 e. The zero-order valence-electron chi connectivity index (χ0n) is 27.1. The van der Waals surface area contributed by atoms with Crippen molar-refractivity contribution >= 4 is 34.4 Å². The summed E-state index contributed by atoms with van der Waals surface area (Å²) in [6.45, 7) is 11.1. The maximum atomic E-state index is 12.9. The Morgan fingerprint density at radius 3 is 2.09 bits per heavy atom. The Balaban J connectivity index is 1.81. The second-order valence-electron chi connectivity index (χ2n) is 13.2. The first kappa shape index (κ1) is 37.5. The van der Waals surface area contributed by atoms with Crippen molar-refractivity contribution in [3.8, 4) is 0 Å². The normalized spacial score (nSPS) is 20.1. The highest BCUT2D eigenvalue weighted by atomic mass is 32.3. The van der Waals surface area contributed by atoms with Gasteiger partial charge in [-0.1, -0.05) is 26.2 Å². The second-order valence-corrected chi connectivity index (χ2v) is 14.4. The Kier molecular flexibility index (Phi) is 14.2. The quantitative estimate of drug-likeness (QED) is 0.160. The predicted octanol–water partition coefficient (Wildman–Crippen LogP) is 3.78. The summed E-state index contributed by atoms with van der Waals surface area (Å²) >= 11 is 0. The summed E-state index contributed by atoms with van der Waals surface area (Å²) in [5.74, 6) is -1.06. The van der Waals surface area contributed by atoms with E-state index in [0.717, 1.165) is 19.3 Å². The molecule has 0 aromatic carbocycles. The molecule has 0 unspecified atom stereocenters. The van der Waals surface area contributed by atoms with E-state index in [-0.39, 0.29) is 43.4 Å². The van der Waals surface area contributed by atoms with Crippen LogP contribution in [-0.2, 0) is 37.9 Å². The largest absolute Gasteiger partial charge is 0.465 e. The molecule has 2 aliphatic rings. The first-order chi connectivity index (χ1) is 20.4. The van der Waals surface area contributed by atoms with Gasteiger partial charge in [-0.3, -0.25) is 9.59 Å². The number of primary amides is 1. The topological polar surface area (TPSA) is 184 Å². The van der Waals surface area contributed by atoms with E-state index in [4.69, 9.17) is 23.7 Å². The Bertz CT molecular complexity index is 1080. The lowest BCUT2D eigenvalue weighted by molar-refractivity contribution is -0.156. The van der Waals surface area contributed by atoms with Gasteiger partial charge in [0.2, 0.25) is 5.91 Å². The van der Waals surface area contributed by atoms with Gasteiger partial charge in [-0.2, -0.15) is 13.5 Å². The molecule has 1 saturated heterocycles. The van der Waals surface area contributed by atoms with Crippen LogP contribution in [0.4, 0.5) is 9.59 Å². The Labute approximate surface area is 261 Å². The van der Waals surface area contributed by atoms with Crippen molar-refractivity contribution in [1.82, 2.24) is 15.3 Å². The van der Waals surface area contributed by atoms with Gasteiger partial charge < -0.3 is 25.4 Å². The maximum Gasteiger partial charge on any atom is 0.421 e. The van der Waals surface area contributed by atoms with Gasteiger partial charge in [0.15, 0.2) is 0 Å². The first-order valence-electron chi connectivity index (χ1n) is 15.6. The molecule has 4 amide bonds. The molecular formula is C29H52N4O10S. The van der Waals surface area contributed by atoms with Crippen molar-refractivity contribution in [2.45, 2.75) is 123 Å². The van der Waals surface area contributed by atoms with E-state index < -0.39 is 46.1 Å². The number of unbranched alkanes of at least 4 members (excludes halogenated alkanes) is 3. The van der Waals surface area contributed by atoms with Crippen molar-refractivity contribution < 1.29 is 45.5 Å². The van der Waals surface area contributed by atoms with Crippen LogP contribution in [0.25, 0.3) is 0 Å². The van der Waals surface area contributed by atoms with E-state index in [0.29, 0.717) is 50.3 Å². The Morgan fingerprint density at radius 1 is 0.932 bits per heavy atom. The lowest BCUT2D eigenvalue weighted by atomic mass is 9.85. The van der Waals surface area contributed by atoms with Crippen molar-refractivity contribution in [3.63, 3.8) is 0 Å². The molecule has 1 aliphatic heterocycles. The molecule has 3 N–H and O–H groups in total. The van der Waals surface area contributed by atoms with E-state index in [2.05, 4.69) is 12.2 Å². The summed E-state index contributed by atoms with van der Waals surface area (Å²) in [4.78, 5) is 51.4. The van der Waals surface area contributed by atoms with Gasteiger partial charge in [-0.05, 0) is 79.6 Å². The number of urea groups is 1. The number of nitrogens with zero attached hydrogens (tertiary/aromatic N) is 2. The SMILES string of the molecule is CCCCCCOC(=O)C(C)(C)COS(=O)(=O)ON(C(N)=O)C1CCC(C(=O)NC2CCN(C(=O)OC(C)(C)C)CC2)CC1. The average molecular weight is 649 g/mol. The summed E-state index contributed by atoms with van der Waals surface area (Å²) in [6, 6.07) is -1.88. The number of nitrogens with one attached hydrogen (secondary N) is 1. The molecule has 0 spiro atoms. The molecule has 2 rings (SSSR count). The standard InChI is InChI=1S/C29H52N4O10S/c1-7-8-9-10-19-40-25(35)29(5,6)20-41-44(38,39)43-33(26(30)36)23-13-11-21(12-14-23)24(34)31-22-15-17-32(18-16-22)27(37)42-28(2,3)4/h21-23H,7-20H2,1-6H3,(H2,30,36)(H,31,34). The lowest BCUT2D eigenvalue weighted by Gasteiger charge is -2.36. The van der Waals surface area contributed by atoms with Crippen LogP contribution < -0.4 is 11.1 Å². The molecule has 0 bridgehead atoms. The van der Waals surface area contributed by atoms with Crippen LogP contribution >= 0.6 is 0 Å². The van der Waals surface area contributed by atoms with Gasteiger partial charge >= 0.3 is 28.5 Å². The highest BCUT2D eigenvalue weighted by Crippen LogP contribution is 2.30. The fourth-order valence-electron chi connectivity index (χ4n) is 4.99. The number of carbonyl (C=O) groups excluding carboxylic acids is 4. The predicted molar refractivity (Wildman–Crippen MR) is 161 cm³/mol. The molecule has 1 aliphatic carbocycles. The first-order valence-corrected chi connectivity index (χ1v) is 16.9. The number of rotatable bonds is 14. The van der Waals surface area contributed by atoms with Gasteiger partial charge in [0.05, 0.1) is 24.7 Å². The fourth-order valence-corrected chi connectivity index (χ4v) is 5.86. The molecule has 44 heavy (non-hydrogen) atoms. The van der Waals surface area contributed by atoms with Gasteiger partial charge in [-0.15, -0.1) is 4.28 Å². The van der Waals surface area contributed by atoms with Crippen LogP contribution in [-0.4, -0.2) is 86.4 Å². The van der Waals surface area contributed by atoms with Crippen LogP contribution in [0, 0.1) is 11.3 Å². The lowest BCUT2D eigenvalue weighted by Crippen LogP contribution is -2.50. The number of likely N-dealkylation sites (tertiary alicyclic amines) is 1. The summed E-state index contributed by atoms with van der Waals surface area (Å²) in [5.41, 5.74) is 3.57. The molecule has 15 heteroatoms. The van der Waals surface area contributed by atoms with Crippen molar-refractivity contribution in [2.75, 3.05) is 26.3 Å². The van der Waals surface area contributed by atoms with E-state index in [1.807, 2.05) is 20.8 Å². The van der Waals surface area contributed by atoms with E-state index in [1.165, 1.54) is 13.8 Å². The average Bonchev–Trinajstić information content (AvgIpc) is 2.94. The minimum atomic E-state index is -4.74. The summed E-state index contributed by atoms with van der Waals surface area (Å²) in [7, 11) is -4.74. The van der Waals surface area contributed by atoms with Gasteiger partial charge in [0, 0.05) is 25.0 Å². The zero-order valence-corrected chi connectivity index (χ0v) is 27.9. The second kappa shape index (κ2) is 16.6. The molecular weight excluding hydrogens is 596 g/mol. The number of amides is 4. The molecule has 254 valence electrons. The zero-order chi connectivity index (χ0) is 33.1. The number of esters is 1. The summed E-state index contributed by atoms with van der Waals surface area (Å²) in [6.07, 6.45) is 5.90. The van der Waals surface area contributed by atoms with Gasteiger partial charge in [-0.25, -0.2) is 13.8 Å². The van der Waals surface area contributed by atoms with Crippen LogP contribution in [0.1, 0.15) is 106 Å². The number of hydroxylamine groups is 2.